The van der Waals surface area contributed by atoms with Crippen molar-refractivity contribution in [2.24, 2.45) is 0 Å². The van der Waals surface area contributed by atoms with Gasteiger partial charge in [-0.25, -0.2) is 0 Å². The van der Waals surface area contributed by atoms with Crippen molar-refractivity contribution in [3.63, 3.8) is 0 Å². The number of hydrogen-bond acceptors (Lipinski definition) is 3. The molecule has 0 unspecified atom stereocenters. The van der Waals surface area contributed by atoms with E-state index in [0.717, 1.165) is 13.1 Å². The lowest BCUT2D eigenvalue weighted by atomic mass is 9.86. The second kappa shape index (κ2) is 12.4. The largest absolute Gasteiger partial charge is 0.438 e. The van der Waals surface area contributed by atoms with E-state index in [-0.39, 0.29) is 6.92 Å². The number of rotatable bonds is 15. The Bertz CT molecular complexity index is 1080. The first-order chi connectivity index (χ1) is 18.5. The van der Waals surface area contributed by atoms with Crippen molar-refractivity contribution in [2.45, 2.75) is 71.9 Å². The highest BCUT2D eigenvalue weighted by Gasteiger charge is 2.98. The van der Waals surface area contributed by atoms with Crippen LogP contribution >= 0.6 is 0 Å². The number of nitrogens with one attached hydrogen (secondary N) is 1. The second-order valence-corrected chi connectivity index (χ2v) is 9.34. The predicted molar refractivity (Wildman–Crippen MR) is 105 cm³/mol. The molecule has 4 nitrogen and oxygen atoms in total. The zero-order valence-electron chi connectivity index (χ0n) is 20.4. The van der Waals surface area contributed by atoms with E-state index in [1.165, 1.54) is 0 Å². The third kappa shape index (κ3) is 6.38. The van der Waals surface area contributed by atoms with Crippen LogP contribution in [0.4, 0.5) is 87.8 Å². The van der Waals surface area contributed by atoms with Gasteiger partial charge in [0, 0.05) is 19.5 Å². The van der Waals surface area contributed by atoms with Crippen molar-refractivity contribution >= 4 is 10.1 Å². The normalized spacial score (nSPS) is 15.5. The molecule has 0 saturated carbocycles. The van der Waals surface area contributed by atoms with Crippen molar-refractivity contribution in [1.29, 1.82) is 0 Å². The van der Waals surface area contributed by atoms with Crippen LogP contribution in [0, 0.1) is 0 Å². The van der Waals surface area contributed by atoms with E-state index in [2.05, 4.69) is 18.5 Å². The van der Waals surface area contributed by atoms with E-state index in [1.807, 2.05) is 12.2 Å². The van der Waals surface area contributed by atoms with Crippen molar-refractivity contribution in [1.82, 2.24) is 5.32 Å². The first-order valence-corrected chi connectivity index (χ1v) is 11.6. The van der Waals surface area contributed by atoms with Gasteiger partial charge in [0.25, 0.3) is 0 Å². The van der Waals surface area contributed by atoms with Crippen molar-refractivity contribution in [3.8, 4) is 0 Å². The molecule has 0 aromatic carbocycles. The summed E-state index contributed by atoms with van der Waals surface area (Å²) in [5.41, 5.74) is 0. The molecule has 0 atom stereocenters. The zero-order chi connectivity index (χ0) is 35.7. The zero-order valence-corrected chi connectivity index (χ0v) is 21.2. The highest BCUT2D eigenvalue weighted by atomic mass is 32.2. The second-order valence-electron chi connectivity index (χ2n) is 7.88. The fraction of sp³-hybridized carbons (Fsp3) is 0.778. The van der Waals surface area contributed by atoms with Gasteiger partial charge in [-0.15, -0.1) is 13.2 Å². The first kappa shape index (κ1) is 43.1. The van der Waals surface area contributed by atoms with E-state index in [4.69, 9.17) is 4.55 Å². The van der Waals surface area contributed by atoms with E-state index in [9.17, 15) is 96.2 Å². The third-order valence-electron chi connectivity index (χ3n) is 4.93. The Hall–Kier alpha value is -2.05. The molecular weight excluding hydrogens is 690 g/mol. The third-order valence-corrected chi connectivity index (χ3v) is 5.83. The summed E-state index contributed by atoms with van der Waals surface area (Å²) in [6.45, 7) is 8.58. The summed E-state index contributed by atoms with van der Waals surface area (Å²) in [5, 5.41) is -4.96. The Morgan fingerprint density at radius 2 is 0.767 bits per heavy atom. The smallest absolute Gasteiger partial charge is 0.310 e. The van der Waals surface area contributed by atoms with Crippen LogP contribution in [0.5, 0.6) is 0 Å². The van der Waals surface area contributed by atoms with Gasteiger partial charge in [-0.1, -0.05) is 19.1 Å². The molecule has 0 aromatic heterocycles. The maximum absolute atomic E-state index is 13.5. The first-order valence-electron chi connectivity index (χ1n) is 10.2. The highest BCUT2D eigenvalue weighted by molar-refractivity contribution is 7.87. The molecule has 0 rings (SSSR count). The van der Waals surface area contributed by atoms with Crippen LogP contribution in [-0.4, -0.2) is 84.6 Å². The maximum atomic E-state index is 13.5. The summed E-state index contributed by atoms with van der Waals surface area (Å²) in [4.78, 5) is 0. The number of alkyl halides is 20. The van der Waals surface area contributed by atoms with Gasteiger partial charge in [0.1, 0.15) is 0 Å². The van der Waals surface area contributed by atoms with Gasteiger partial charge < -0.3 is 5.32 Å². The molecule has 0 radical (unpaired) electrons. The quantitative estimate of drug-likeness (QED) is 0.0800. The van der Waals surface area contributed by atoms with Crippen LogP contribution in [0.25, 0.3) is 0 Å². The predicted octanol–water partition coefficient (Wildman–Crippen LogP) is 7.54. The Morgan fingerprint density at radius 1 is 0.535 bits per heavy atom. The molecule has 0 amide bonds. The molecule has 0 aromatic rings. The van der Waals surface area contributed by atoms with Crippen LogP contribution in [0.2, 0.25) is 0 Å². The van der Waals surface area contributed by atoms with E-state index < -0.39 is 75.1 Å². The summed E-state index contributed by atoms with van der Waals surface area (Å²) in [7, 11) is -8.05. The molecule has 0 aliphatic carbocycles. The minimum absolute atomic E-state index is 0.221. The number of hydrogen-bond donors (Lipinski definition) is 2. The van der Waals surface area contributed by atoms with E-state index >= 15 is 0 Å². The lowest BCUT2D eigenvalue weighted by Gasteiger charge is -2.44. The Balaban J connectivity index is 0. The van der Waals surface area contributed by atoms with Gasteiger partial charge in [-0.3, -0.25) is 4.55 Å². The van der Waals surface area contributed by atoms with Crippen molar-refractivity contribution < 1.29 is 101 Å². The van der Waals surface area contributed by atoms with Crippen LogP contribution in [0.1, 0.15) is 13.3 Å². The fourth-order valence-electron chi connectivity index (χ4n) is 2.27. The number of halogens is 20. The minimum Gasteiger partial charge on any atom is -0.310 e. The molecule has 0 bridgehead atoms. The molecule has 0 aliphatic rings. The summed E-state index contributed by atoms with van der Waals surface area (Å²) < 4.78 is 293. The van der Waals surface area contributed by atoms with Gasteiger partial charge in [-0.2, -0.15) is 96.2 Å². The average Bonchev–Trinajstić information content (AvgIpc) is 2.82. The van der Waals surface area contributed by atoms with Crippen molar-refractivity contribution in [2.75, 3.05) is 13.1 Å². The van der Waals surface area contributed by atoms with Crippen LogP contribution in [-0.2, 0) is 10.1 Å². The monoisotopic (exact) mass is 707 g/mol. The van der Waals surface area contributed by atoms with Gasteiger partial charge >= 0.3 is 68.7 Å². The topological polar surface area (TPSA) is 66.4 Å². The average molecular weight is 707 g/mol. The molecule has 0 saturated heterocycles. The molecular formula is C18H17F20NO3S. The standard InChI is InChI=1S/C12H6F20O3S.C6H11N/c1-2-3(13,14)4(15,16)5(17,18)6(19,20)7(21,22)8(23,24)9(25,26)10(27,28)11(29,30)12(31,32)36(33,34)35;1-3-5-7-6-4-2/h2H2,1H3,(H,33,34,35);3-4,7H,1-2,5-6H2. The summed E-state index contributed by atoms with van der Waals surface area (Å²) in [5.74, 6) is -77.3. The Morgan fingerprint density at radius 3 is 0.977 bits per heavy atom. The summed E-state index contributed by atoms with van der Waals surface area (Å²) in [6.07, 6.45) is 0.978. The SMILES string of the molecule is C=CCNCC=C.CCC(F)(F)C(F)(F)C(F)(F)C(F)(F)C(F)(F)C(F)(F)C(F)(F)C(F)(F)C(F)(F)C(F)(F)S(=O)(=O)O. The van der Waals surface area contributed by atoms with Gasteiger partial charge in [0.15, 0.2) is 0 Å². The minimum atomic E-state index is -9.26. The fourth-order valence-corrected chi connectivity index (χ4v) is 2.72. The van der Waals surface area contributed by atoms with Crippen LogP contribution in [0.15, 0.2) is 25.3 Å². The van der Waals surface area contributed by atoms with E-state index in [0.29, 0.717) is 0 Å². The molecule has 258 valence electrons. The lowest BCUT2D eigenvalue weighted by Crippen LogP contribution is -2.77. The van der Waals surface area contributed by atoms with Crippen molar-refractivity contribution in [3.05, 3.63) is 25.3 Å². The Labute approximate surface area is 227 Å². The molecule has 0 fully saturated rings. The molecule has 0 aliphatic heterocycles. The Kier molecular flexibility index (Phi) is 12.4. The maximum Gasteiger partial charge on any atom is 0.438 e. The molecule has 0 spiro atoms. The summed E-state index contributed by atoms with van der Waals surface area (Å²) in [6, 6.07) is 0. The summed E-state index contributed by atoms with van der Waals surface area (Å²) >= 11 is 0. The molecule has 2 N–H and O–H groups in total. The molecule has 0 heterocycles. The molecule has 43 heavy (non-hydrogen) atoms. The van der Waals surface area contributed by atoms with E-state index in [1.54, 1.807) is 0 Å². The lowest BCUT2D eigenvalue weighted by molar-refractivity contribution is -0.466. The van der Waals surface area contributed by atoms with Gasteiger partial charge in [0.05, 0.1) is 0 Å². The van der Waals surface area contributed by atoms with Crippen LogP contribution < -0.4 is 5.32 Å². The highest BCUT2D eigenvalue weighted by Crippen LogP contribution is 2.66. The van der Waals surface area contributed by atoms with Gasteiger partial charge in [0.2, 0.25) is 0 Å². The van der Waals surface area contributed by atoms with Gasteiger partial charge in [-0.05, 0) is 0 Å². The van der Waals surface area contributed by atoms with Crippen LogP contribution in [0.3, 0.4) is 0 Å². The molecule has 25 heteroatoms.